The van der Waals surface area contributed by atoms with E-state index in [1.54, 1.807) is 0 Å². The summed E-state index contributed by atoms with van der Waals surface area (Å²) in [7, 11) is 0. The van der Waals surface area contributed by atoms with Crippen molar-refractivity contribution in [3.63, 3.8) is 0 Å². The van der Waals surface area contributed by atoms with Gasteiger partial charge in [0.15, 0.2) is 0 Å². The van der Waals surface area contributed by atoms with Gasteiger partial charge in [-0.05, 0) is 24.1 Å². The van der Waals surface area contributed by atoms with Crippen LogP contribution in [0.3, 0.4) is 0 Å². The third-order valence-electron chi connectivity index (χ3n) is 3.75. The zero-order valence-corrected chi connectivity index (χ0v) is 14.6. The van der Waals surface area contributed by atoms with Gasteiger partial charge in [-0.1, -0.05) is 54.6 Å². The average Bonchev–Trinajstić information content (AvgIpc) is 2.65. The SMILES string of the molecule is C=CCN(CCc1ccccc1)CC(=O)NCCOc1ccccc1. The Bertz CT molecular complexity index is 629. The zero-order chi connectivity index (χ0) is 17.7. The summed E-state index contributed by atoms with van der Waals surface area (Å²) < 4.78 is 5.57. The third-order valence-corrected chi connectivity index (χ3v) is 3.75. The maximum Gasteiger partial charge on any atom is 0.234 e. The van der Waals surface area contributed by atoms with Gasteiger partial charge >= 0.3 is 0 Å². The number of para-hydroxylation sites is 1. The first-order chi connectivity index (χ1) is 12.3. The average molecular weight is 338 g/mol. The number of amides is 1. The largest absolute Gasteiger partial charge is 0.492 e. The maximum absolute atomic E-state index is 12.1. The van der Waals surface area contributed by atoms with E-state index >= 15 is 0 Å². The van der Waals surface area contributed by atoms with Crippen molar-refractivity contribution in [3.05, 3.63) is 78.9 Å². The Morgan fingerprint density at radius 2 is 1.76 bits per heavy atom. The number of benzene rings is 2. The van der Waals surface area contributed by atoms with Crippen molar-refractivity contribution < 1.29 is 9.53 Å². The molecule has 0 spiro atoms. The van der Waals surface area contributed by atoms with Crippen LogP contribution in [0, 0.1) is 0 Å². The molecule has 0 radical (unpaired) electrons. The lowest BCUT2D eigenvalue weighted by Gasteiger charge is -2.20. The molecule has 0 atom stereocenters. The molecular weight excluding hydrogens is 312 g/mol. The van der Waals surface area contributed by atoms with Crippen LogP contribution < -0.4 is 10.1 Å². The molecule has 0 aliphatic heterocycles. The third kappa shape index (κ3) is 7.68. The van der Waals surface area contributed by atoms with Crippen molar-refractivity contribution in [2.45, 2.75) is 6.42 Å². The van der Waals surface area contributed by atoms with E-state index in [-0.39, 0.29) is 5.91 Å². The van der Waals surface area contributed by atoms with Crippen molar-refractivity contribution in [3.8, 4) is 5.75 Å². The van der Waals surface area contributed by atoms with Crippen LogP contribution in [0.25, 0.3) is 0 Å². The zero-order valence-electron chi connectivity index (χ0n) is 14.6. The minimum atomic E-state index is 0.00609. The van der Waals surface area contributed by atoms with Gasteiger partial charge in [0.05, 0.1) is 13.1 Å². The molecule has 0 bridgehead atoms. The molecular formula is C21H26N2O2. The fraction of sp³-hybridized carbons (Fsp3) is 0.286. The van der Waals surface area contributed by atoms with Crippen molar-refractivity contribution in [1.29, 1.82) is 0 Å². The Kier molecular flexibility index (Phi) is 8.29. The monoisotopic (exact) mass is 338 g/mol. The van der Waals surface area contributed by atoms with Gasteiger partial charge in [-0.25, -0.2) is 0 Å². The van der Waals surface area contributed by atoms with E-state index in [0.29, 0.717) is 26.2 Å². The van der Waals surface area contributed by atoms with E-state index in [1.165, 1.54) is 5.56 Å². The normalized spacial score (nSPS) is 10.4. The highest BCUT2D eigenvalue weighted by atomic mass is 16.5. The lowest BCUT2D eigenvalue weighted by Crippen LogP contribution is -2.39. The maximum atomic E-state index is 12.1. The first-order valence-corrected chi connectivity index (χ1v) is 8.59. The molecule has 0 aliphatic rings. The number of nitrogens with one attached hydrogen (secondary N) is 1. The van der Waals surface area contributed by atoms with E-state index in [1.807, 2.05) is 54.6 Å². The molecule has 1 amide bonds. The second-order valence-corrected chi connectivity index (χ2v) is 5.77. The summed E-state index contributed by atoms with van der Waals surface area (Å²) >= 11 is 0. The molecule has 0 unspecified atom stereocenters. The van der Waals surface area contributed by atoms with E-state index in [9.17, 15) is 4.79 Å². The highest BCUT2D eigenvalue weighted by molar-refractivity contribution is 5.78. The number of rotatable bonds is 11. The van der Waals surface area contributed by atoms with Crippen molar-refractivity contribution in [2.75, 3.05) is 32.8 Å². The van der Waals surface area contributed by atoms with Crippen LogP contribution >= 0.6 is 0 Å². The van der Waals surface area contributed by atoms with Crippen LogP contribution in [0.1, 0.15) is 5.56 Å². The summed E-state index contributed by atoms with van der Waals surface area (Å²) in [6.07, 6.45) is 2.75. The minimum absolute atomic E-state index is 0.00609. The smallest absolute Gasteiger partial charge is 0.234 e. The first kappa shape index (κ1) is 18.7. The summed E-state index contributed by atoms with van der Waals surface area (Å²) in [4.78, 5) is 14.2. The molecule has 4 heteroatoms. The van der Waals surface area contributed by atoms with Crippen LogP contribution in [0.15, 0.2) is 73.3 Å². The lowest BCUT2D eigenvalue weighted by atomic mass is 10.1. The first-order valence-electron chi connectivity index (χ1n) is 8.59. The number of ether oxygens (including phenoxy) is 1. The Labute approximate surface area is 150 Å². The van der Waals surface area contributed by atoms with Crippen molar-refractivity contribution in [2.24, 2.45) is 0 Å². The molecule has 2 aromatic rings. The molecule has 2 aromatic carbocycles. The fourth-order valence-electron chi connectivity index (χ4n) is 2.48. The number of carbonyl (C=O) groups excluding carboxylic acids is 1. The molecule has 0 saturated carbocycles. The number of nitrogens with zero attached hydrogens (tertiary/aromatic N) is 1. The Balaban J connectivity index is 1.67. The fourth-order valence-corrected chi connectivity index (χ4v) is 2.48. The number of hydrogen-bond donors (Lipinski definition) is 1. The minimum Gasteiger partial charge on any atom is -0.492 e. The van der Waals surface area contributed by atoms with Gasteiger partial charge in [0, 0.05) is 13.1 Å². The molecule has 0 saturated heterocycles. The van der Waals surface area contributed by atoms with Gasteiger partial charge in [0.25, 0.3) is 0 Å². The number of carbonyl (C=O) groups is 1. The van der Waals surface area contributed by atoms with Crippen LogP contribution in [-0.4, -0.2) is 43.6 Å². The highest BCUT2D eigenvalue weighted by Gasteiger charge is 2.09. The van der Waals surface area contributed by atoms with E-state index in [2.05, 4.69) is 28.9 Å². The summed E-state index contributed by atoms with van der Waals surface area (Å²) in [6, 6.07) is 19.9. The summed E-state index contributed by atoms with van der Waals surface area (Å²) in [5.74, 6) is 0.819. The summed E-state index contributed by atoms with van der Waals surface area (Å²) in [5.41, 5.74) is 1.27. The molecule has 4 nitrogen and oxygen atoms in total. The second-order valence-electron chi connectivity index (χ2n) is 5.77. The standard InChI is InChI=1S/C21H26N2O2/c1-2-15-23(16-13-19-9-5-3-6-10-19)18-21(24)22-14-17-25-20-11-7-4-8-12-20/h2-12H,1,13-18H2,(H,22,24). The Morgan fingerprint density at radius 3 is 2.44 bits per heavy atom. The van der Waals surface area contributed by atoms with Crippen LogP contribution in [0.2, 0.25) is 0 Å². The predicted molar refractivity (Wildman–Crippen MR) is 102 cm³/mol. The molecule has 0 heterocycles. The molecule has 0 fully saturated rings. The quantitative estimate of drug-likeness (QED) is 0.506. The molecule has 25 heavy (non-hydrogen) atoms. The molecule has 0 aliphatic carbocycles. The summed E-state index contributed by atoms with van der Waals surface area (Å²) in [6.45, 7) is 6.62. The lowest BCUT2D eigenvalue weighted by molar-refractivity contribution is -0.122. The van der Waals surface area contributed by atoms with Gasteiger partial charge in [0.1, 0.15) is 12.4 Å². The molecule has 2 rings (SSSR count). The van der Waals surface area contributed by atoms with Gasteiger partial charge in [-0.3, -0.25) is 9.69 Å². The molecule has 0 aromatic heterocycles. The predicted octanol–water partition coefficient (Wildman–Crippen LogP) is 2.91. The Hall–Kier alpha value is -2.59. The van der Waals surface area contributed by atoms with Gasteiger partial charge in [-0.15, -0.1) is 6.58 Å². The van der Waals surface area contributed by atoms with E-state index < -0.39 is 0 Å². The van der Waals surface area contributed by atoms with Crippen molar-refractivity contribution in [1.82, 2.24) is 10.2 Å². The highest BCUT2D eigenvalue weighted by Crippen LogP contribution is 2.07. The van der Waals surface area contributed by atoms with Crippen LogP contribution in [-0.2, 0) is 11.2 Å². The van der Waals surface area contributed by atoms with E-state index in [4.69, 9.17) is 4.74 Å². The second kappa shape index (κ2) is 11.0. The molecule has 1 N–H and O–H groups in total. The van der Waals surface area contributed by atoms with Crippen LogP contribution in [0.4, 0.5) is 0 Å². The summed E-state index contributed by atoms with van der Waals surface area (Å²) in [5, 5.41) is 2.90. The molecule has 132 valence electrons. The van der Waals surface area contributed by atoms with Gasteiger partial charge in [-0.2, -0.15) is 0 Å². The number of hydrogen-bond acceptors (Lipinski definition) is 3. The topological polar surface area (TPSA) is 41.6 Å². The van der Waals surface area contributed by atoms with E-state index in [0.717, 1.165) is 18.7 Å². The van der Waals surface area contributed by atoms with Gasteiger partial charge < -0.3 is 10.1 Å². The Morgan fingerprint density at radius 1 is 1.08 bits per heavy atom. The van der Waals surface area contributed by atoms with Crippen LogP contribution in [0.5, 0.6) is 5.75 Å². The van der Waals surface area contributed by atoms with Crippen molar-refractivity contribution >= 4 is 5.91 Å². The van der Waals surface area contributed by atoms with Gasteiger partial charge in [0.2, 0.25) is 5.91 Å².